The van der Waals surface area contributed by atoms with Gasteiger partial charge in [0.1, 0.15) is 0 Å². The summed E-state index contributed by atoms with van der Waals surface area (Å²) in [5.41, 5.74) is 1.64. The molecule has 1 unspecified atom stereocenters. The maximum absolute atomic E-state index is 12.0. The summed E-state index contributed by atoms with van der Waals surface area (Å²) < 4.78 is 9.91. The minimum atomic E-state index is -0.392. The quantitative estimate of drug-likeness (QED) is 0.805. The van der Waals surface area contributed by atoms with E-state index >= 15 is 0 Å². The number of anilines is 1. The summed E-state index contributed by atoms with van der Waals surface area (Å²) >= 11 is 0. The van der Waals surface area contributed by atoms with Crippen molar-refractivity contribution < 1.29 is 18.7 Å². The van der Waals surface area contributed by atoms with Crippen LogP contribution in [0, 0.1) is 5.92 Å². The van der Waals surface area contributed by atoms with Crippen molar-refractivity contribution in [3.05, 3.63) is 36.9 Å². The molecule has 1 aliphatic heterocycles. The Morgan fingerprint density at radius 3 is 2.76 bits per heavy atom. The molecule has 6 heteroatoms. The van der Waals surface area contributed by atoms with Gasteiger partial charge in [0, 0.05) is 24.2 Å². The lowest BCUT2D eigenvalue weighted by atomic mass is 10.1. The molecule has 6 nitrogen and oxygen atoms in total. The molecular formula is C15H14N2O4. The number of esters is 1. The van der Waals surface area contributed by atoms with E-state index in [-0.39, 0.29) is 18.3 Å². The first-order valence-electron chi connectivity index (χ1n) is 6.56. The molecule has 1 aromatic heterocycles. The molecular weight excluding hydrogens is 272 g/mol. The minimum absolute atomic E-state index is 0.0715. The van der Waals surface area contributed by atoms with E-state index in [9.17, 15) is 9.59 Å². The number of hydrogen-bond donors (Lipinski definition) is 0. The first kappa shape index (κ1) is 13.4. The van der Waals surface area contributed by atoms with Crippen molar-refractivity contribution in [3.63, 3.8) is 0 Å². The number of benzene rings is 1. The first-order valence-corrected chi connectivity index (χ1v) is 6.56. The number of methoxy groups -OCH3 is 1. The van der Waals surface area contributed by atoms with Gasteiger partial charge in [-0.25, -0.2) is 4.98 Å². The molecule has 1 aliphatic rings. The third-order valence-electron chi connectivity index (χ3n) is 3.56. The molecule has 0 N–H and O–H groups in total. The molecule has 2 aromatic rings. The van der Waals surface area contributed by atoms with Gasteiger partial charge in [-0.15, -0.1) is 0 Å². The molecule has 0 radical (unpaired) electrons. The molecule has 0 bridgehead atoms. The van der Waals surface area contributed by atoms with Crippen molar-refractivity contribution in [2.45, 2.75) is 6.42 Å². The summed E-state index contributed by atoms with van der Waals surface area (Å²) in [4.78, 5) is 29.0. The second kappa shape index (κ2) is 5.40. The van der Waals surface area contributed by atoms with Crippen molar-refractivity contribution in [1.29, 1.82) is 0 Å². The van der Waals surface area contributed by atoms with E-state index in [0.717, 1.165) is 11.3 Å². The molecule has 1 amide bonds. The second-order valence-electron chi connectivity index (χ2n) is 4.84. The topological polar surface area (TPSA) is 72.6 Å². The standard InChI is InChI=1S/C15H14N2O4/c1-20-15(19)11-6-14(18)17(8-11)12-4-2-10(3-5-12)13-7-16-9-21-13/h2-5,7,9,11H,6,8H2,1H3. The van der Waals surface area contributed by atoms with Crippen LogP contribution in [0.2, 0.25) is 0 Å². The van der Waals surface area contributed by atoms with Crippen LogP contribution in [0.1, 0.15) is 6.42 Å². The van der Waals surface area contributed by atoms with E-state index in [2.05, 4.69) is 4.98 Å². The van der Waals surface area contributed by atoms with E-state index in [4.69, 9.17) is 9.15 Å². The Hall–Kier alpha value is -2.63. The Bertz CT molecular complexity index is 649. The lowest BCUT2D eigenvalue weighted by Crippen LogP contribution is -2.26. The lowest BCUT2D eigenvalue weighted by Gasteiger charge is -2.16. The van der Waals surface area contributed by atoms with Crippen molar-refractivity contribution in [1.82, 2.24) is 4.98 Å². The van der Waals surface area contributed by atoms with Gasteiger partial charge in [-0.2, -0.15) is 0 Å². The number of carbonyl (C=O) groups is 2. The zero-order valence-electron chi connectivity index (χ0n) is 11.5. The molecule has 3 rings (SSSR count). The van der Waals surface area contributed by atoms with Gasteiger partial charge in [0.05, 0.1) is 19.2 Å². The zero-order chi connectivity index (χ0) is 14.8. The fraction of sp³-hybridized carbons (Fsp3) is 0.267. The highest BCUT2D eigenvalue weighted by molar-refractivity contribution is 5.99. The van der Waals surface area contributed by atoms with Gasteiger partial charge in [-0.05, 0) is 24.3 Å². The van der Waals surface area contributed by atoms with E-state index in [0.29, 0.717) is 12.3 Å². The van der Waals surface area contributed by atoms with Crippen LogP contribution in [0.3, 0.4) is 0 Å². The van der Waals surface area contributed by atoms with Crippen molar-refractivity contribution >= 4 is 17.6 Å². The average Bonchev–Trinajstić information content (AvgIpc) is 3.16. The Morgan fingerprint density at radius 1 is 1.38 bits per heavy atom. The summed E-state index contributed by atoms with van der Waals surface area (Å²) in [6.07, 6.45) is 3.19. The largest absolute Gasteiger partial charge is 0.469 e. The summed E-state index contributed by atoms with van der Waals surface area (Å²) in [6, 6.07) is 7.37. The first-order chi connectivity index (χ1) is 10.2. The van der Waals surface area contributed by atoms with Gasteiger partial charge in [0.2, 0.25) is 5.91 Å². The molecule has 0 aliphatic carbocycles. The van der Waals surface area contributed by atoms with Crippen LogP contribution in [0.15, 0.2) is 41.3 Å². The summed E-state index contributed by atoms with van der Waals surface area (Å²) in [5.74, 6) is -0.139. The van der Waals surface area contributed by atoms with Gasteiger partial charge >= 0.3 is 5.97 Å². The molecule has 1 saturated heterocycles. The molecule has 1 atom stereocenters. The van der Waals surface area contributed by atoms with Gasteiger partial charge in [-0.3, -0.25) is 9.59 Å². The predicted molar refractivity (Wildman–Crippen MR) is 74.4 cm³/mol. The fourth-order valence-electron chi connectivity index (χ4n) is 2.45. The number of aromatic nitrogens is 1. The highest BCUT2D eigenvalue weighted by Crippen LogP contribution is 2.28. The van der Waals surface area contributed by atoms with E-state index in [1.807, 2.05) is 24.3 Å². The number of carbonyl (C=O) groups excluding carboxylic acids is 2. The molecule has 1 fully saturated rings. The molecule has 108 valence electrons. The zero-order valence-corrected chi connectivity index (χ0v) is 11.5. The van der Waals surface area contributed by atoms with Crippen molar-refractivity contribution in [3.8, 4) is 11.3 Å². The van der Waals surface area contributed by atoms with Crippen LogP contribution < -0.4 is 4.90 Å². The van der Waals surface area contributed by atoms with Crippen LogP contribution in [0.4, 0.5) is 5.69 Å². The minimum Gasteiger partial charge on any atom is -0.469 e. The Morgan fingerprint density at radius 2 is 2.14 bits per heavy atom. The predicted octanol–water partition coefficient (Wildman–Crippen LogP) is 1.87. The second-order valence-corrected chi connectivity index (χ2v) is 4.84. The SMILES string of the molecule is COC(=O)C1CC(=O)N(c2ccc(-c3cnco3)cc2)C1. The van der Waals surface area contributed by atoms with Crippen LogP contribution >= 0.6 is 0 Å². The highest BCUT2D eigenvalue weighted by atomic mass is 16.5. The lowest BCUT2D eigenvalue weighted by molar-refractivity contribution is -0.145. The van der Waals surface area contributed by atoms with Crippen molar-refractivity contribution in [2.24, 2.45) is 5.92 Å². The molecule has 2 heterocycles. The average molecular weight is 286 g/mol. The molecule has 1 aromatic carbocycles. The fourth-order valence-corrected chi connectivity index (χ4v) is 2.45. The Labute approximate surface area is 121 Å². The number of nitrogens with zero attached hydrogens (tertiary/aromatic N) is 2. The van der Waals surface area contributed by atoms with E-state index in [1.165, 1.54) is 13.5 Å². The van der Waals surface area contributed by atoms with Gasteiger partial charge in [-0.1, -0.05) is 0 Å². The Kier molecular flexibility index (Phi) is 3.43. The number of hydrogen-bond acceptors (Lipinski definition) is 5. The van der Waals surface area contributed by atoms with Gasteiger partial charge in [0.25, 0.3) is 0 Å². The summed E-state index contributed by atoms with van der Waals surface area (Å²) in [7, 11) is 1.33. The highest BCUT2D eigenvalue weighted by Gasteiger charge is 2.35. The van der Waals surface area contributed by atoms with Gasteiger partial charge < -0.3 is 14.1 Å². The normalized spacial score (nSPS) is 18.0. The number of oxazole rings is 1. The van der Waals surface area contributed by atoms with Crippen LogP contribution in [-0.2, 0) is 14.3 Å². The third kappa shape index (κ3) is 2.52. The molecule has 0 saturated carbocycles. The maximum atomic E-state index is 12.0. The van der Waals surface area contributed by atoms with Gasteiger partial charge in [0.15, 0.2) is 12.2 Å². The van der Waals surface area contributed by atoms with Crippen LogP contribution in [0.25, 0.3) is 11.3 Å². The Balaban J connectivity index is 1.78. The van der Waals surface area contributed by atoms with Crippen molar-refractivity contribution in [2.75, 3.05) is 18.6 Å². The molecule has 21 heavy (non-hydrogen) atoms. The van der Waals surface area contributed by atoms with E-state index < -0.39 is 5.92 Å². The third-order valence-corrected chi connectivity index (χ3v) is 3.56. The monoisotopic (exact) mass is 286 g/mol. The van der Waals surface area contributed by atoms with Crippen LogP contribution in [0.5, 0.6) is 0 Å². The number of amides is 1. The van der Waals surface area contributed by atoms with E-state index in [1.54, 1.807) is 11.1 Å². The number of rotatable bonds is 3. The smallest absolute Gasteiger partial charge is 0.311 e. The molecule has 0 spiro atoms. The number of ether oxygens (including phenoxy) is 1. The maximum Gasteiger partial charge on any atom is 0.311 e. The summed E-state index contributed by atoms with van der Waals surface area (Å²) in [6.45, 7) is 0.354. The summed E-state index contributed by atoms with van der Waals surface area (Å²) in [5, 5.41) is 0. The van der Waals surface area contributed by atoms with Crippen LogP contribution in [-0.4, -0.2) is 30.5 Å².